The van der Waals surface area contributed by atoms with Crippen LogP contribution in [0.1, 0.15) is 29.6 Å². The third kappa shape index (κ3) is 4.03. The lowest BCUT2D eigenvalue weighted by Crippen LogP contribution is -2.62. The van der Waals surface area contributed by atoms with Gasteiger partial charge in [-0.05, 0) is 44.8 Å². The highest BCUT2D eigenvalue weighted by Gasteiger charge is 2.49. The molecule has 5 rings (SSSR count). The monoisotopic (exact) mass is 565 g/mol. The summed E-state index contributed by atoms with van der Waals surface area (Å²) in [6, 6.07) is 10.8. The first-order valence-corrected chi connectivity index (χ1v) is 11.7. The van der Waals surface area contributed by atoms with Crippen molar-refractivity contribution in [1.29, 1.82) is 0 Å². The predicted octanol–water partition coefficient (Wildman–Crippen LogP) is 2.74. The number of hydrogen-bond acceptors (Lipinski definition) is 8. The molecule has 6 atom stereocenters. The molecule has 3 aromatic rings. The zero-order chi connectivity index (χ0) is 22.4. The lowest BCUT2D eigenvalue weighted by atomic mass is 9.92. The van der Waals surface area contributed by atoms with E-state index in [1.807, 2.05) is 36.4 Å². The standard InChI is InChI=1S/C21H21Br2N5O4/c1-10-26-20(28(27-10)13-7-12(22)8-25-19(13)23)18-16(29)15(24)17-14(31-18)9-30-21(32-17)11-5-3-2-4-6-11/h2-8,14-18,21,29H,9,24H2,1H3/t14?,15?,16?,17-,18+,21?/m0/s1. The number of ether oxygens (including phenoxy) is 3. The summed E-state index contributed by atoms with van der Waals surface area (Å²) in [5, 5.41) is 15.6. The van der Waals surface area contributed by atoms with Crippen LogP contribution in [0, 0.1) is 6.92 Å². The second kappa shape index (κ2) is 8.90. The van der Waals surface area contributed by atoms with Crippen LogP contribution in [0.25, 0.3) is 5.69 Å². The molecule has 2 saturated heterocycles. The van der Waals surface area contributed by atoms with Crippen molar-refractivity contribution in [2.45, 2.75) is 43.7 Å². The van der Waals surface area contributed by atoms with Crippen LogP contribution in [-0.4, -0.2) is 55.8 Å². The van der Waals surface area contributed by atoms with E-state index >= 15 is 0 Å². The Morgan fingerprint density at radius 1 is 1.19 bits per heavy atom. The van der Waals surface area contributed by atoms with Gasteiger partial charge in [0.1, 0.15) is 40.5 Å². The summed E-state index contributed by atoms with van der Waals surface area (Å²) in [4.78, 5) is 8.83. The second-order valence-corrected chi connectivity index (χ2v) is 9.40. The maximum absolute atomic E-state index is 11.1. The Hall–Kier alpha value is -1.73. The number of hydrogen-bond donors (Lipinski definition) is 2. The molecule has 9 nitrogen and oxygen atoms in total. The van der Waals surface area contributed by atoms with Crippen molar-refractivity contribution in [3.8, 4) is 5.69 Å². The fraction of sp³-hybridized carbons (Fsp3) is 0.381. The number of fused-ring (bicyclic) bond motifs is 1. The number of aryl methyl sites for hydroxylation is 1. The number of nitrogens with two attached hydrogens (primary N) is 1. The number of pyridine rings is 1. The van der Waals surface area contributed by atoms with Gasteiger partial charge in [0.15, 0.2) is 12.1 Å². The van der Waals surface area contributed by atoms with E-state index in [0.717, 1.165) is 10.0 Å². The molecule has 11 heteroatoms. The van der Waals surface area contributed by atoms with Crippen molar-refractivity contribution in [3.05, 3.63) is 68.9 Å². The Labute approximate surface area is 201 Å². The molecular weight excluding hydrogens is 546 g/mol. The van der Waals surface area contributed by atoms with E-state index in [1.54, 1.807) is 17.8 Å². The average molecular weight is 567 g/mol. The normalized spacial score (nSPS) is 30.2. The zero-order valence-electron chi connectivity index (χ0n) is 17.0. The van der Waals surface area contributed by atoms with Gasteiger partial charge >= 0.3 is 0 Å². The van der Waals surface area contributed by atoms with Crippen LogP contribution in [0.2, 0.25) is 0 Å². The largest absolute Gasteiger partial charge is 0.388 e. The van der Waals surface area contributed by atoms with E-state index in [4.69, 9.17) is 19.9 Å². The zero-order valence-corrected chi connectivity index (χ0v) is 20.2. The lowest BCUT2D eigenvalue weighted by molar-refractivity contribution is -0.309. The summed E-state index contributed by atoms with van der Waals surface area (Å²) in [5.41, 5.74) is 7.99. The molecule has 3 N–H and O–H groups in total. The Balaban J connectivity index is 1.44. The highest BCUT2D eigenvalue weighted by atomic mass is 79.9. The quantitative estimate of drug-likeness (QED) is 0.465. The molecule has 0 spiro atoms. The molecule has 32 heavy (non-hydrogen) atoms. The third-order valence-electron chi connectivity index (χ3n) is 5.54. The van der Waals surface area contributed by atoms with Crippen LogP contribution in [0.5, 0.6) is 0 Å². The summed E-state index contributed by atoms with van der Waals surface area (Å²) in [7, 11) is 0. The van der Waals surface area contributed by atoms with Crippen molar-refractivity contribution in [1.82, 2.24) is 19.7 Å². The van der Waals surface area contributed by atoms with Gasteiger partial charge in [0.05, 0.1) is 12.6 Å². The molecule has 2 aliphatic heterocycles. The van der Waals surface area contributed by atoms with Crippen LogP contribution < -0.4 is 5.73 Å². The Kier molecular flexibility index (Phi) is 6.14. The average Bonchev–Trinajstić information content (AvgIpc) is 3.19. The van der Waals surface area contributed by atoms with Crippen LogP contribution in [0.15, 0.2) is 51.7 Å². The molecule has 168 valence electrons. The molecule has 0 amide bonds. The maximum Gasteiger partial charge on any atom is 0.184 e. The molecule has 0 bridgehead atoms. The molecule has 0 aliphatic carbocycles. The van der Waals surface area contributed by atoms with Gasteiger partial charge in [-0.3, -0.25) is 0 Å². The predicted molar refractivity (Wildman–Crippen MR) is 121 cm³/mol. The number of benzene rings is 1. The number of aliphatic hydroxyl groups excluding tert-OH is 1. The number of aromatic nitrogens is 4. The van der Waals surface area contributed by atoms with Crippen molar-refractivity contribution in [3.63, 3.8) is 0 Å². The minimum Gasteiger partial charge on any atom is -0.388 e. The van der Waals surface area contributed by atoms with Gasteiger partial charge in [-0.2, -0.15) is 5.10 Å². The molecule has 2 aliphatic rings. The van der Waals surface area contributed by atoms with Gasteiger partial charge in [-0.1, -0.05) is 30.3 Å². The van der Waals surface area contributed by atoms with Crippen molar-refractivity contribution >= 4 is 31.9 Å². The van der Waals surface area contributed by atoms with Gasteiger partial charge in [0.2, 0.25) is 0 Å². The summed E-state index contributed by atoms with van der Waals surface area (Å²) in [6.07, 6.45) is -1.77. The van der Waals surface area contributed by atoms with E-state index in [9.17, 15) is 5.11 Å². The molecule has 2 aromatic heterocycles. The van der Waals surface area contributed by atoms with Crippen LogP contribution in [0.3, 0.4) is 0 Å². The number of aliphatic hydroxyl groups is 1. The summed E-state index contributed by atoms with van der Waals surface area (Å²) >= 11 is 6.89. The van der Waals surface area contributed by atoms with Crippen molar-refractivity contribution in [2.24, 2.45) is 5.73 Å². The van der Waals surface area contributed by atoms with Crippen molar-refractivity contribution < 1.29 is 19.3 Å². The van der Waals surface area contributed by atoms with Gasteiger partial charge in [0, 0.05) is 16.2 Å². The van der Waals surface area contributed by atoms with Crippen LogP contribution in [0.4, 0.5) is 0 Å². The number of rotatable bonds is 3. The highest BCUT2D eigenvalue weighted by Crippen LogP contribution is 2.38. The molecule has 4 unspecified atom stereocenters. The maximum atomic E-state index is 11.1. The lowest BCUT2D eigenvalue weighted by Gasteiger charge is -2.46. The first-order valence-electron chi connectivity index (χ1n) is 10.1. The van der Waals surface area contributed by atoms with E-state index in [0.29, 0.717) is 21.9 Å². The molecule has 1 aromatic carbocycles. The van der Waals surface area contributed by atoms with E-state index in [2.05, 4.69) is 46.9 Å². The SMILES string of the molecule is Cc1nc([C@@H]2OC3COC(c4ccccc4)O[C@@H]3C(N)C2O)n(-c2cc(Br)cnc2Br)n1. The highest BCUT2D eigenvalue weighted by molar-refractivity contribution is 9.11. The smallest absolute Gasteiger partial charge is 0.184 e. The Bertz CT molecular complexity index is 1110. The van der Waals surface area contributed by atoms with Crippen LogP contribution in [-0.2, 0) is 14.2 Å². The second-order valence-electron chi connectivity index (χ2n) is 7.73. The summed E-state index contributed by atoms with van der Waals surface area (Å²) < 4.78 is 21.2. The van der Waals surface area contributed by atoms with E-state index < -0.39 is 36.7 Å². The first-order chi connectivity index (χ1) is 15.4. The first kappa shape index (κ1) is 22.1. The molecule has 2 fully saturated rings. The topological polar surface area (TPSA) is 118 Å². The molecular formula is C21H21Br2N5O4. The fourth-order valence-corrected chi connectivity index (χ4v) is 4.72. The van der Waals surface area contributed by atoms with Gasteiger partial charge in [0.25, 0.3) is 0 Å². The third-order valence-corrected chi connectivity index (χ3v) is 6.59. The Morgan fingerprint density at radius 2 is 1.97 bits per heavy atom. The summed E-state index contributed by atoms with van der Waals surface area (Å²) in [6.45, 7) is 2.05. The molecule has 4 heterocycles. The molecule has 0 saturated carbocycles. The summed E-state index contributed by atoms with van der Waals surface area (Å²) in [5.74, 6) is 0.952. The molecule has 0 radical (unpaired) electrons. The van der Waals surface area contributed by atoms with E-state index in [-0.39, 0.29) is 6.61 Å². The van der Waals surface area contributed by atoms with Gasteiger partial charge < -0.3 is 25.1 Å². The van der Waals surface area contributed by atoms with E-state index in [1.165, 1.54) is 0 Å². The van der Waals surface area contributed by atoms with Gasteiger partial charge in [-0.15, -0.1) is 0 Å². The minimum absolute atomic E-state index is 0.274. The van der Waals surface area contributed by atoms with Crippen molar-refractivity contribution in [2.75, 3.05) is 6.61 Å². The van der Waals surface area contributed by atoms with Gasteiger partial charge in [-0.25, -0.2) is 14.6 Å². The number of nitrogens with zero attached hydrogens (tertiary/aromatic N) is 4. The minimum atomic E-state index is -1.06. The number of halogens is 2. The fourth-order valence-electron chi connectivity index (χ4n) is 4.02. The van der Waals surface area contributed by atoms with Crippen LogP contribution >= 0.6 is 31.9 Å². The Morgan fingerprint density at radius 3 is 2.75 bits per heavy atom.